The molecule has 3 fully saturated rings. The molecular weight excluding hydrogens is 513 g/mol. The van der Waals surface area contributed by atoms with Gasteiger partial charge in [0.05, 0.1) is 6.04 Å². The lowest BCUT2D eigenvalue weighted by Gasteiger charge is -2.38. The van der Waals surface area contributed by atoms with Gasteiger partial charge in [-0.05, 0) is 104 Å². The molecule has 0 bridgehead atoms. The smallest absolute Gasteiger partial charge is 0.167 e. The number of aliphatic hydroxyl groups is 2. The number of hydrogen-bond donors (Lipinski definition) is 3. The molecule has 3 aliphatic rings. The molecule has 2 aromatic carbocycles. The van der Waals surface area contributed by atoms with Gasteiger partial charge in [-0.2, -0.15) is 0 Å². The van der Waals surface area contributed by atoms with Crippen LogP contribution in [0.1, 0.15) is 80.9 Å². The minimum atomic E-state index is -1.33. The molecule has 0 unspecified atom stereocenters. The molecule has 0 aromatic heterocycles. The largest absolute Gasteiger partial charge is 0.367 e. The third kappa shape index (κ3) is 7.97. The van der Waals surface area contributed by atoms with E-state index in [1.165, 1.54) is 55.7 Å². The zero-order valence-corrected chi connectivity index (χ0v) is 25.0. The van der Waals surface area contributed by atoms with Gasteiger partial charge in [-0.1, -0.05) is 62.6 Å². The number of piperidine rings is 1. The number of rotatable bonds is 11. The number of benzene rings is 2. The van der Waals surface area contributed by atoms with Crippen LogP contribution in [0, 0.1) is 29.5 Å². The zero-order chi connectivity index (χ0) is 28.8. The Balaban J connectivity index is 1.19. The number of nitrogens with zero attached hydrogens (tertiary/aromatic N) is 2. The van der Waals surface area contributed by atoms with Crippen molar-refractivity contribution >= 4 is 0 Å². The van der Waals surface area contributed by atoms with Crippen LogP contribution >= 0.6 is 0 Å². The zero-order valence-electron chi connectivity index (χ0n) is 25.0. The first-order chi connectivity index (χ1) is 19.9. The van der Waals surface area contributed by atoms with E-state index in [-0.39, 0.29) is 17.8 Å². The van der Waals surface area contributed by atoms with Gasteiger partial charge < -0.3 is 20.8 Å². The fraction of sp³-hybridized carbons (Fsp3) is 0.657. The summed E-state index contributed by atoms with van der Waals surface area (Å²) in [5.41, 5.74) is 9.39. The van der Waals surface area contributed by atoms with Gasteiger partial charge in [-0.25, -0.2) is 4.39 Å². The lowest BCUT2D eigenvalue weighted by Crippen LogP contribution is -2.48. The summed E-state index contributed by atoms with van der Waals surface area (Å²) in [6, 6.07) is 15.6. The molecule has 0 amide bonds. The summed E-state index contributed by atoms with van der Waals surface area (Å²) in [7, 11) is 0. The Morgan fingerprint density at radius 1 is 0.902 bits per heavy atom. The maximum Gasteiger partial charge on any atom is 0.167 e. The third-order valence-corrected chi connectivity index (χ3v) is 10.7. The maximum atomic E-state index is 14.3. The van der Waals surface area contributed by atoms with Crippen LogP contribution in [-0.4, -0.2) is 65.1 Å². The molecule has 226 valence electrons. The highest BCUT2D eigenvalue weighted by Gasteiger charge is 2.42. The third-order valence-electron chi connectivity index (χ3n) is 10.7. The lowest BCUT2D eigenvalue weighted by molar-refractivity contribution is -0.118. The average molecular weight is 566 g/mol. The van der Waals surface area contributed by atoms with E-state index in [9.17, 15) is 14.6 Å². The Bertz CT molecular complexity index is 1070. The Morgan fingerprint density at radius 3 is 2.27 bits per heavy atom. The molecular formula is C35H52FN3O2. The molecule has 41 heavy (non-hydrogen) atoms. The van der Waals surface area contributed by atoms with Crippen LogP contribution in [0.5, 0.6) is 0 Å². The minimum absolute atomic E-state index is 0.184. The number of likely N-dealkylation sites (tertiary alicyclic amines) is 2. The summed E-state index contributed by atoms with van der Waals surface area (Å²) in [6.45, 7) is 7.86. The van der Waals surface area contributed by atoms with Gasteiger partial charge in [-0.15, -0.1) is 0 Å². The van der Waals surface area contributed by atoms with E-state index >= 15 is 0 Å². The Morgan fingerprint density at radius 2 is 1.61 bits per heavy atom. The fourth-order valence-corrected chi connectivity index (χ4v) is 8.16. The van der Waals surface area contributed by atoms with Crippen molar-refractivity contribution in [2.75, 3.05) is 32.7 Å². The molecule has 6 heteroatoms. The van der Waals surface area contributed by atoms with Gasteiger partial charge in [0.1, 0.15) is 5.82 Å². The van der Waals surface area contributed by atoms with Crippen molar-refractivity contribution in [2.24, 2.45) is 29.4 Å². The maximum absolute atomic E-state index is 14.3. The number of aliphatic hydroxyl groups excluding tert-OH is 1. The summed E-state index contributed by atoms with van der Waals surface area (Å²) in [5, 5.41) is 21.0. The standard InChI is InChI=1S/C35H52FN3O2/c1-25(10-11-26-12-14-27(21-37)15-13-26)28-16-18-38(19-17-28)22-31-23-39(24-33(31)30-8-5-9-32(36)20-30)34(35(40)41)29-6-3-2-4-7-29/h5,8-9,12-15,20,25,28-29,31,33-35,40-41H,2-4,6-7,10-11,16-19,21-24,37H2,1H3/t25-,31+,33-,34-/m1/s1. The van der Waals surface area contributed by atoms with E-state index < -0.39 is 6.29 Å². The van der Waals surface area contributed by atoms with Gasteiger partial charge in [0.15, 0.2) is 6.29 Å². The molecule has 2 heterocycles. The molecule has 0 radical (unpaired) electrons. The highest BCUT2D eigenvalue weighted by Crippen LogP contribution is 2.40. The van der Waals surface area contributed by atoms with Gasteiger partial charge in [0, 0.05) is 32.1 Å². The van der Waals surface area contributed by atoms with Gasteiger partial charge >= 0.3 is 0 Å². The van der Waals surface area contributed by atoms with Crippen LogP contribution in [0.2, 0.25) is 0 Å². The monoisotopic (exact) mass is 565 g/mol. The summed E-state index contributed by atoms with van der Waals surface area (Å²) in [4.78, 5) is 4.97. The molecule has 1 aliphatic carbocycles. The van der Waals surface area contributed by atoms with E-state index in [1.54, 1.807) is 6.07 Å². The molecule has 5 rings (SSSR count). The Labute approximate surface area is 246 Å². The fourth-order valence-electron chi connectivity index (χ4n) is 8.16. The highest BCUT2D eigenvalue weighted by molar-refractivity contribution is 5.24. The van der Waals surface area contributed by atoms with Crippen LogP contribution in [0.15, 0.2) is 48.5 Å². The molecule has 2 aliphatic heterocycles. The molecule has 2 aromatic rings. The minimum Gasteiger partial charge on any atom is -0.367 e. The normalized spacial score (nSPS) is 25.1. The summed E-state index contributed by atoms with van der Waals surface area (Å²) in [6.07, 6.45) is 9.20. The summed E-state index contributed by atoms with van der Waals surface area (Å²) < 4.78 is 14.3. The average Bonchev–Trinajstić information content (AvgIpc) is 3.39. The lowest BCUT2D eigenvalue weighted by atomic mass is 9.81. The molecule has 1 saturated carbocycles. The Kier molecular flexibility index (Phi) is 10.9. The van der Waals surface area contributed by atoms with Gasteiger partial charge in [0.2, 0.25) is 0 Å². The summed E-state index contributed by atoms with van der Waals surface area (Å²) >= 11 is 0. The second-order valence-electron chi connectivity index (χ2n) is 13.4. The first-order valence-corrected chi connectivity index (χ1v) is 16.3. The topological polar surface area (TPSA) is 73.0 Å². The molecule has 5 nitrogen and oxygen atoms in total. The van der Waals surface area contributed by atoms with E-state index in [1.807, 2.05) is 6.07 Å². The van der Waals surface area contributed by atoms with Crippen molar-refractivity contribution in [3.8, 4) is 0 Å². The Hall–Kier alpha value is -1.83. The van der Waals surface area contributed by atoms with Gasteiger partial charge in [-0.3, -0.25) is 4.90 Å². The SMILES string of the molecule is C[C@H](CCc1ccc(CN)cc1)C1CCN(C[C@H]2CN([C@@H](C(O)O)C3CCCCC3)C[C@@H]2c2cccc(F)c2)CC1. The molecule has 0 spiro atoms. The predicted molar refractivity (Wildman–Crippen MR) is 164 cm³/mol. The summed E-state index contributed by atoms with van der Waals surface area (Å²) in [5.74, 6) is 2.16. The van der Waals surface area contributed by atoms with Crippen molar-refractivity contribution in [3.05, 3.63) is 71.0 Å². The second kappa shape index (κ2) is 14.6. The van der Waals surface area contributed by atoms with E-state index in [2.05, 4.69) is 47.1 Å². The number of aryl methyl sites for hydroxylation is 1. The predicted octanol–water partition coefficient (Wildman–Crippen LogP) is 5.54. The first kappa shape index (κ1) is 30.6. The van der Waals surface area contributed by atoms with Crippen molar-refractivity contribution < 1.29 is 14.6 Å². The van der Waals surface area contributed by atoms with E-state index in [0.29, 0.717) is 24.3 Å². The number of nitrogens with two attached hydrogens (primary N) is 1. The van der Waals surface area contributed by atoms with Crippen LogP contribution in [0.3, 0.4) is 0 Å². The number of halogens is 1. The van der Waals surface area contributed by atoms with Crippen LogP contribution < -0.4 is 5.73 Å². The molecule has 2 saturated heterocycles. The van der Waals surface area contributed by atoms with Crippen LogP contribution in [0.4, 0.5) is 4.39 Å². The van der Waals surface area contributed by atoms with Crippen molar-refractivity contribution in [1.82, 2.24) is 9.80 Å². The molecule has 4 N–H and O–H groups in total. The molecule has 4 atom stereocenters. The van der Waals surface area contributed by atoms with Gasteiger partial charge in [0.25, 0.3) is 0 Å². The van der Waals surface area contributed by atoms with Crippen molar-refractivity contribution in [3.63, 3.8) is 0 Å². The second-order valence-corrected chi connectivity index (χ2v) is 13.4. The van der Waals surface area contributed by atoms with E-state index in [4.69, 9.17) is 5.73 Å². The van der Waals surface area contributed by atoms with E-state index in [0.717, 1.165) is 63.5 Å². The van der Waals surface area contributed by atoms with Crippen molar-refractivity contribution in [1.29, 1.82) is 0 Å². The first-order valence-electron chi connectivity index (χ1n) is 16.3. The highest BCUT2D eigenvalue weighted by atomic mass is 19.1. The quantitative estimate of drug-likeness (QED) is 0.312. The van der Waals surface area contributed by atoms with Crippen molar-refractivity contribution in [2.45, 2.75) is 89.5 Å². The number of hydrogen-bond acceptors (Lipinski definition) is 5. The van der Waals surface area contributed by atoms with Crippen LogP contribution in [0.25, 0.3) is 0 Å². The van der Waals surface area contributed by atoms with Crippen LogP contribution in [-0.2, 0) is 13.0 Å².